The second-order valence-electron chi connectivity index (χ2n) is 5.78. The van der Waals surface area contributed by atoms with Gasteiger partial charge < -0.3 is 5.32 Å². The Hall–Kier alpha value is -0.470. The third kappa shape index (κ3) is 4.00. The third-order valence-electron chi connectivity index (χ3n) is 4.13. The van der Waals surface area contributed by atoms with Crippen LogP contribution in [0.2, 0.25) is 0 Å². The van der Waals surface area contributed by atoms with Crippen LogP contribution in [0.5, 0.6) is 0 Å². The summed E-state index contributed by atoms with van der Waals surface area (Å²) in [7, 11) is 0. The number of benzene rings is 1. The first kappa shape index (κ1) is 14.9. The first-order valence-corrected chi connectivity index (χ1v) is 8.60. The summed E-state index contributed by atoms with van der Waals surface area (Å²) in [6.45, 7) is 8.09. The number of thioether (sulfide) groups is 1. The molecule has 1 heterocycles. The van der Waals surface area contributed by atoms with Crippen molar-refractivity contribution >= 4 is 11.8 Å². The SMILES string of the molecule is CCCNC(CC(C)CC)C1Cc2ccccc2S1. The van der Waals surface area contributed by atoms with Crippen LogP contribution in [0.15, 0.2) is 29.2 Å². The fraction of sp³-hybridized carbons (Fsp3) is 0.647. The summed E-state index contributed by atoms with van der Waals surface area (Å²) in [6.07, 6.45) is 5.05. The Labute approximate surface area is 122 Å². The summed E-state index contributed by atoms with van der Waals surface area (Å²) in [5, 5.41) is 4.51. The normalized spacial score (nSPS) is 21.1. The van der Waals surface area contributed by atoms with Crippen LogP contribution >= 0.6 is 11.8 Å². The average Bonchev–Trinajstić information content (AvgIpc) is 2.86. The van der Waals surface area contributed by atoms with Crippen LogP contribution in [0.25, 0.3) is 0 Å². The van der Waals surface area contributed by atoms with Crippen molar-refractivity contribution in [1.29, 1.82) is 0 Å². The van der Waals surface area contributed by atoms with Crippen molar-refractivity contribution in [2.45, 2.75) is 62.6 Å². The lowest BCUT2D eigenvalue weighted by Gasteiger charge is -2.26. The molecule has 3 atom stereocenters. The molecule has 0 bridgehead atoms. The van der Waals surface area contributed by atoms with E-state index in [2.05, 4.69) is 62.1 Å². The van der Waals surface area contributed by atoms with Gasteiger partial charge in [0.25, 0.3) is 0 Å². The van der Waals surface area contributed by atoms with E-state index < -0.39 is 0 Å². The molecule has 1 aromatic rings. The molecule has 2 heteroatoms. The number of fused-ring (bicyclic) bond motifs is 1. The zero-order valence-corrected chi connectivity index (χ0v) is 13.3. The number of nitrogens with one attached hydrogen (secondary N) is 1. The Bertz CT molecular complexity index is 366. The number of hydrogen-bond donors (Lipinski definition) is 1. The highest BCUT2D eigenvalue weighted by Gasteiger charge is 2.29. The van der Waals surface area contributed by atoms with Gasteiger partial charge in [0, 0.05) is 16.2 Å². The van der Waals surface area contributed by atoms with Gasteiger partial charge in [-0.25, -0.2) is 0 Å². The van der Waals surface area contributed by atoms with Crippen molar-refractivity contribution in [2.24, 2.45) is 5.92 Å². The third-order valence-corrected chi connectivity index (χ3v) is 5.58. The van der Waals surface area contributed by atoms with Crippen molar-refractivity contribution < 1.29 is 0 Å². The van der Waals surface area contributed by atoms with Crippen molar-refractivity contribution in [3.05, 3.63) is 29.8 Å². The topological polar surface area (TPSA) is 12.0 Å². The second kappa shape index (κ2) is 7.35. The zero-order valence-electron chi connectivity index (χ0n) is 12.5. The van der Waals surface area contributed by atoms with E-state index in [0.717, 1.165) is 17.7 Å². The van der Waals surface area contributed by atoms with Crippen molar-refractivity contribution in [2.75, 3.05) is 6.54 Å². The number of hydrogen-bond acceptors (Lipinski definition) is 2. The van der Waals surface area contributed by atoms with Crippen LogP contribution in [0, 0.1) is 5.92 Å². The van der Waals surface area contributed by atoms with E-state index in [1.807, 2.05) is 0 Å². The van der Waals surface area contributed by atoms with E-state index in [1.54, 1.807) is 5.56 Å². The van der Waals surface area contributed by atoms with Gasteiger partial charge in [0.05, 0.1) is 0 Å². The monoisotopic (exact) mass is 277 g/mol. The molecular formula is C17H27NS. The van der Waals surface area contributed by atoms with Gasteiger partial charge in [-0.1, -0.05) is 45.4 Å². The molecule has 3 unspecified atom stereocenters. The molecule has 106 valence electrons. The Morgan fingerprint density at radius 3 is 2.79 bits per heavy atom. The van der Waals surface area contributed by atoms with Crippen LogP contribution in [-0.4, -0.2) is 17.8 Å². The van der Waals surface area contributed by atoms with E-state index in [9.17, 15) is 0 Å². The van der Waals surface area contributed by atoms with E-state index in [1.165, 1.54) is 30.6 Å². The minimum Gasteiger partial charge on any atom is -0.313 e. The quantitative estimate of drug-likeness (QED) is 0.787. The first-order valence-electron chi connectivity index (χ1n) is 7.72. The predicted molar refractivity (Wildman–Crippen MR) is 85.9 cm³/mol. The maximum Gasteiger partial charge on any atom is 0.0289 e. The van der Waals surface area contributed by atoms with Gasteiger partial charge in [-0.3, -0.25) is 0 Å². The minimum atomic E-state index is 0.660. The lowest BCUT2D eigenvalue weighted by molar-refractivity contribution is 0.385. The van der Waals surface area contributed by atoms with Crippen molar-refractivity contribution in [1.82, 2.24) is 5.32 Å². The summed E-state index contributed by atoms with van der Waals surface area (Å²) in [5.74, 6) is 0.818. The van der Waals surface area contributed by atoms with Crippen LogP contribution in [-0.2, 0) is 6.42 Å². The van der Waals surface area contributed by atoms with E-state index in [-0.39, 0.29) is 0 Å². The number of rotatable bonds is 7. The molecule has 1 aromatic carbocycles. The van der Waals surface area contributed by atoms with E-state index in [0.29, 0.717) is 6.04 Å². The minimum absolute atomic E-state index is 0.660. The fourth-order valence-electron chi connectivity index (χ4n) is 2.73. The summed E-state index contributed by atoms with van der Waals surface area (Å²) in [5.41, 5.74) is 1.55. The molecule has 0 fully saturated rings. The molecule has 1 aliphatic heterocycles. The molecule has 1 N–H and O–H groups in total. The van der Waals surface area contributed by atoms with E-state index in [4.69, 9.17) is 0 Å². The first-order chi connectivity index (χ1) is 9.24. The molecule has 0 radical (unpaired) electrons. The van der Waals surface area contributed by atoms with Gasteiger partial charge in [-0.2, -0.15) is 0 Å². The predicted octanol–water partition coefficient (Wildman–Crippen LogP) is 4.51. The highest BCUT2D eigenvalue weighted by Crippen LogP contribution is 2.39. The molecule has 1 nitrogen and oxygen atoms in total. The molecule has 0 saturated heterocycles. The maximum absolute atomic E-state index is 3.79. The highest BCUT2D eigenvalue weighted by atomic mass is 32.2. The lowest BCUT2D eigenvalue weighted by atomic mass is 9.94. The van der Waals surface area contributed by atoms with Gasteiger partial charge >= 0.3 is 0 Å². The largest absolute Gasteiger partial charge is 0.313 e. The van der Waals surface area contributed by atoms with Gasteiger partial charge in [0.15, 0.2) is 0 Å². The van der Waals surface area contributed by atoms with Gasteiger partial charge in [0.1, 0.15) is 0 Å². The Balaban J connectivity index is 1.99. The standard InChI is InChI=1S/C17H27NS/c1-4-10-18-15(11-13(3)5-2)17-12-14-8-6-7-9-16(14)19-17/h6-9,13,15,17-18H,4-5,10-12H2,1-3H3. The molecule has 0 saturated carbocycles. The van der Waals surface area contributed by atoms with Gasteiger partial charge in [0.2, 0.25) is 0 Å². The molecule has 0 aromatic heterocycles. The van der Waals surface area contributed by atoms with E-state index >= 15 is 0 Å². The molecule has 0 amide bonds. The Kier molecular flexibility index (Phi) is 5.77. The fourth-order valence-corrected chi connectivity index (χ4v) is 4.15. The van der Waals surface area contributed by atoms with Gasteiger partial charge in [-0.05, 0) is 43.4 Å². The summed E-state index contributed by atoms with van der Waals surface area (Å²) in [6, 6.07) is 9.57. The average molecular weight is 277 g/mol. The Morgan fingerprint density at radius 1 is 1.32 bits per heavy atom. The molecule has 2 rings (SSSR count). The smallest absolute Gasteiger partial charge is 0.0289 e. The zero-order chi connectivity index (χ0) is 13.7. The molecule has 19 heavy (non-hydrogen) atoms. The molecular weight excluding hydrogens is 250 g/mol. The van der Waals surface area contributed by atoms with Crippen LogP contribution in [0.1, 0.15) is 45.6 Å². The Morgan fingerprint density at radius 2 is 2.11 bits per heavy atom. The van der Waals surface area contributed by atoms with Crippen molar-refractivity contribution in [3.63, 3.8) is 0 Å². The van der Waals surface area contributed by atoms with Crippen LogP contribution < -0.4 is 5.32 Å². The second-order valence-corrected chi connectivity index (χ2v) is 7.06. The highest BCUT2D eigenvalue weighted by molar-refractivity contribution is 8.00. The van der Waals surface area contributed by atoms with Crippen LogP contribution in [0.3, 0.4) is 0 Å². The molecule has 0 aliphatic carbocycles. The molecule has 1 aliphatic rings. The van der Waals surface area contributed by atoms with Gasteiger partial charge in [-0.15, -0.1) is 11.8 Å². The summed E-state index contributed by atoms with van der Waals surface area (Å²) in [4.78, 5) is 1.50. The maximum atomic E-state index is 3.79. The lowest BCUT2D eigenvalue weighted by Crippen LogP contribution is -2.39. The van der Waals surface area contributed by atoms with Crippen LogP contribution in [0.4, 0.5) is 0 Å². The van der Waals surface area contributed by atoms with Crippen molar-refractivity contribution in [3.8, 4) is 0 Å². The summed E-state index contributed by atoms with van der Waals surface area (Å²) >= 11 is 2.08. The molecule has 0 spiro atoms. The summed E-state index contributed by atoms with van der Waals surface area (Å²) < 4.78 is 0.